The number of aromatic nitrogens is 2. The van der Waals surface area contributed by atoms with Crippen LogP contribution in [0.2, 0.25) is 5.02 Å². The first kappa shape index (κ1) is 15.1. The Balaban J connectivity index is 1.69. The molecule has 0 spiro atoms. The third-order valence-electron chi connectivity index (χ3n) is 3.93. The summed E-state index contributed by atoms with van der Waals surface area (Å²) in [7, 11) is 0. The number of para-hydroxylation sites is 1. The normalized spacial score (nSPS) is 21.5. The summed E-state index contributed by atoms with van der Waals surface area (Å²) in [6.45, 7) is 2.99. The number of nitrogens with zero attached hydrogens (tertiary/aromatic N) is 2. The van der Waals surface area contributed by atoms with Gasteiger partial charge in [0.05, 0.1) is 10.7 Å². The van der Waals surface area contributed by atoms with Gasteiger partial charge in [0.1, 0.15) is 0 Å². The van der Waals surface area contributed by atoms with Crippen molar-refractivity contribution in [3.8, 4) is 5.69 Å². The van der Waals surface area contributed by atoms with E-state index in [1.807, 2.05) is 24.3 Å². The van der Waals surface area contributed by atoms with Crippen LogP contribution in [0.25, 0.3) is 5.69 Å². The Bertz CT molecular complexity index is 670. The van der Waals surface area contributed by atoms with Crippen molar-refractivity contribution in [2.24, 2.45) is 5.92 Å². The Hall–Kier alpha value is -1.85. The molecule has 0 saturated carbocycles. The molecular formula is C16H19ClN4O. The predicted molar refractivity (Wildman–Crippen MR) is 87.4 cm³/mol. The number of hydrogen-bond donors (Lipinski definition) is 2. The van der Waals surface area contributed by atoms with Gasteiger partial charge in [0.2, 0.25) is 5.91 Å². The fourth-order valence-corrected chi connectivity index (χ4v) is 2.98. The van der Waals surface area contributed by atoms with Crippen molar-refractivity contribution in [3.63, 3.8) is 0 Å². The molecule has 1 amide bonds. The van der Waals surface area contributed by atoms with Crippen molar-refractivity contribution >= 4 is 23.3 Å². The Kier molecular flexibility index (Phi) is 4.45. The number of rotatable bonds is 3. The van der Waals surface area contributed by atoms with Crippen LogP contribution in [-0.4, -0.2) is 28.3 Å². The molecule has 1 fully saturated rings. The zero-order chi connectivity index (χ0) is 15.5. The van der Waals surface area contributed by atoms with E-state index in [0.717, 1.165) is 25.1 Å². The highest BCUT2D eigenvalue weighted by atomic mass is 35.5. The minimum absolute atomic E-state index is 0.0396. The smallest absolute Gasteiger partial charge is 0.228 e. The average Bonchev–Trinajstić information content (AvgIpc) is 2.96. The quantitative estimate of drug-likeness (QED) is 0.915. The van der Waals surface area contributed by atoms with Crippen molar-refractivity contribution in [3.05, 3.63) is 41.6 Å². The third-order valence-corrected chi connectivity index (χ3v) is 4.25. The van der Waals surface area contributed by atoms with E-state index < -0.39 is 0 Å². The molecule has 0 aliphatic carbocycles. The first-order chi connectivity index (χ1) is 10.6. The lowest BCUT2D eigenvalue weighted by atomic mass is 9.92. The fraction of sp³-hybridized carbons (Fsp3) is 0.375. The summed E-state index contributed by atoms with van der Waals surface area (Å²) in [6, 6.07) is 9.63. The molecule has 5 nitrogen and oxygen atoms in total. The van der Waals surface area contributed by atoms with Gasteiger partial charge in [0.25, 0.3) is 0 Å². The van der Waals surface area contributed by atoms with E-state index in [1.165, 1.54) is 0 Å². The van der Waals surface area contributed by atoms with Gasteiger partial charge in [-0.15, -0.1) is 0 Å². The average molecular weight is 319 g/mol. The highest BCUT2D eigenvalue weighted by Gasteiger charge is 2.25. The van der Waals surface area contributed by atoms with E-state index in [9.17, 15) is 4.79 Å². The Morgan fingerprint density at radius 2 is 2.23 bits per heavy atom. The molecule has 2 N–H and O–H groups in total. The van der Waals surface area contributed by atoms with Crippen LogP contribution in [-0.2, 0) is 4.79 Å². The number of halogens is 1. The van der Waals surface area contributed by atoms with Gasteiger partial charge < -0.3 is 10.6 Å². The second kappa shape index (κ2) is 6.50. The van der Waals surface area contributed by atoms with Gasteiger partial charge in [-0.2, -0.15) is 5.10 Å². The maximum atomic E-state index is 12.3. The van der Waals surface area contributed by atoms with E-state index >= 15 is 0 Å². The number of benzene rings is 1. The van der Waals surface area contributed by atoms with Crippen LogP contribution >= 0.6 is 11.6 Å². The highest BCUT2D eigenvalue weighted by molar-refractivity contribution is 6.32. The number of anilines is 1. The number of amides is 1. The molecule has 2 atom stereocenters. The van der Waals surface area contributed by atoms with Crippen LogP contribution in [0.15, 0.2) is 36.5 Å². The van der Waals surface area contributed by atoms with Gasteiger partial charge in [0, 0.05) is 24.2 Å². The van der Waals surface area contributed by atoms with Crippen molar-refractivity contribution in [2.75, 3.05) is 11.9 Å². The van der Waals surface area contributed by atoms with Crippen LogP contribution in [0.4, 0.5) is 5.82 Å². The molecular weight excluding hydrogens is 300 g/mol. The number of carbonyl (C=O) groups excluding carboxylic acids is 1. The van der Waals surface area contributed by atoms with Gasteiger partial charge in [0.15, 0.2) is 5.82 Å². The molecule has 116 valence electrons. The van der Waals surface area contributed by atoms with Crippen molar-refractivity contribution in [1.82, 2.24) is 15.1 Å². The molecule has 1 aromatic heterocycles. The van der Waals surface area contributed by atoms with Crippen LogP contribution in [0.3, 0.4) is 0 Å². The van der Waals surface area contributed by atoms with Crippen LogP contribution < -0.4 is 10.6 Å². The van der Waals surface area contributed by atoms with Crippen LogP contribution in [0.1, 0.15) is 19.8 Å². The first-order valence-corrected chi connectivity index (χ1v) is 7.86. The van der Waals surface area contributed by atoms with E-state index in [-0.39, 0.29) is 11.8 Å². The fourth-order valence-electron chi connectivity index (χ4n) is 2.76. The summed E-state index contributed by atoms with van der Waals surface area (Å²) in [4.78, 5) is 12.3. The summed E-state index contributed by atoms with van der Waals surface area (Å²) >= 11 is 6.16. The minimum atomic E-state index is 0.0396. The summed E-state index contributed by atoms with van der Waals surface area (Å²) in [5.41, 5.74) is 0.792. The molecule has 0 unspecified atom stereocenters. The number of piperidine rings is 1. The molecule has 0 radical (unpaired) electrons. The molecule has 22 heavy (non-hydrogen) atoms. The first-order valence-electron chi connectivity index (χ1n) is 7.48. The van der Waals surface area contributed by atoms with E-state index in [2.05, 4.69) is 22.7 Å². The zero-order valence-electron chi connectivity index (χ0n) is 12.4. The van der Waals surface area contributed by atoms with Gasteiger partial charge in [-0.1, -0.05) is 23.7 Å². The number of hydrogen-bond acceptors (Lipinski definition) is 3. The lowest BCUT2D eigenvalue weighted by Crippen LogP contribution is -2.40. The minimum Gasteiger partial charge on any atom is -0.314 e. The Labute approximate surface area is 134 Å². The molecule has 1 saturated heterocycles. The zero-order valence-corrected chi connectivity index (χ0v) is 13.2. The maximum absolute atomic E-state index is 12.3. The van der Waals surface area contributed by atoms with Crippen molar-refractivity contribution in [1.29, 1.82) is 0 Å². The molecule has 6 heteroatoms. The van der Waals surface area contributed by atoms with Gasteiger partial charge in [-0.3, -0.25) is 4.79 Å². The highest BCUT2D eigenvalue weighted by Crippen LogP contribution is 2.21. The van der Waals surface area contributed by atoms with Crippen LogP contribution in [0.5, 0.6) is 0 Å². The second-order valence-corrected chi connectivity index (χ2v) is 6.07. The topological polar surface area (TPSA) is 59.0 Å². The molecule has 2 aromatic rings. The standard InChI is InChI=1S/C16H19ClN4O/c1-11-10-12(6-8-18-11)16(22)19-15-7-9-21(20-15)14-5-3-2-4-13(14)17/h2-5,7,9,11-12,18H,6,8,10H2,1H3,(H,19,20,22)/t11-,12-/m0/s1. The summed E-state index contributed by atoms with van der Waals surface area (Å²) in [6.07, 6.45) is 3.51. The van der Waals surface area contributed by atoms with Gasteiger partial charge in [-0.25, -0.2) is 4.68 Å². The molecule has 1 aliphatic rings. The molecule has 2 heterocycles. The van der Waals surface area contributed by atoms with E-state index in [4.69, 9.17) is 11.6 Å². The SMILES string of the molecule is C[C@H]1C[C@@H](C(=O)Nc2ccn(-c3ccccc3Cl)n2)CCN1. The Morgan fingerprint density at radius 1 is 1.41 bits per heavy atom. The second-order valence-electron chi connectivity index (χ2n) is 5.66. The summed E-state index contributed by atoms with van der Waals surface area (Å²) < 4.78 is 1.67. The van der Waals surface area contributed by atoms with Crippen molar-refractivity contribution in [2.45, 2.75) is 25.8 Å². The number of nitrogens with one attached hydrogen (secondary N) is 2. The molecule has 1 aromatic carbocycles. The van der Waals surface area contributed by atoms with E-state index in [1.54, 1.807) is 16.9 Å². The summed E-state index contributed by atoms with van der Waals surface area (Å²) in [5.74, 6) is 0.635. The monoisotopic (exact) mass is 318 g/mol. The molecule has 0 bridgehead atoms. The van der Waals surface area contributed by atoms with Crippen molar-refractivity contribution < 1.29 is 4.79 Å². The predicted octanol–water partition coefficient (Wildman–Crippen LogP) is 2.85. The largest absolute Gasteiger partial charge is 0.314 e. The molecule has 3 rings (SSSR count). The van der Waals surface area contributed by atoms with Crippen LogP contribution in [0, 0.1) is 5.92 Å². The lowest BCUT2D eigenvalue weighted by molar-refractivity contribution is -0.120. The lowest BCUT2D eigenvalue weighted by Gasteiger charge is -2.26. The van der Waals surface area contributed by atoms with E-state index in [0.29, 0.717) is 16.9 Å². The molecule has 1 aliphatic heterocycles. The van der Waals surface area contributed by atoms with Gasteiger partial charge >= 0.3 is 0 Å². The Morgan fingerprint density at radius 3 is 3.00 bits per heavy atom. The summed E-state index contributed by atoms with van der Waals surface area (Å²) in [5, 5.41) is 11.2. The maximum Gasteiger partial charge on any atom is 0.228 e. The number of carbonyl (C=O) groups is 1. The third kappa shape index (κ3) is 3.31. The van der Waals surface area contributed by atoms with Gasteiger partial charge in [-0.05, 0) is 38.4 Å².